The molecule has 1 heterocycles. The lowest BCUT2D eigenvalue weighted by atomic mass is 10.1. The van der Waals surface area contributed by atoms with Crippen molar-refractivity contribution in [2.24, 2.45) is 0 Å². The molecule has 4 aromatic rings. The first-order valence-electron chi connectivity index (χ1n) is 9.17. The van der Waals surface area contributed by atoms with E-state index < -0.39 is 9.84 Å². The van der Waals surface area contributed by atoms with Gasteiger partial charge >= 0.3 is 0 Å². The molecule has 0 aliphatic rings. The van der Waals surface area contributed by atoms with Gasteiger partial charge in [0.15, 0.2) is 0 Å². The van der Waals surface area contributed by atoms with Gasteiger partial charge in [-0.25, -0.2) is 8.42 Å². The van der Waals surface area contributed by atoms with Gasteiger partial charge in [0.25, 0.3) is 0 Å². The van der Waals surface area contributed by atoms with Crippen LogP contribution < -0.4 is 0 Å². The average molecular weight is 404 g/mol. The van der Waals surface area contributed by atoms with Gasteiger partial charge in [-0.15, -0.1) is 10.2 Å². The molecule has 0 bridgehead atoms. The van der Waals surface area contributed by atoms with Gasteiger partial charge in [0, 0.05) is 5.56 Å². The fourth-order valence-electron chi connectivity index (χ4n) is 2.92. The largest absolute Gasteiger partial charge is 0.219 e. The lowest BCUT2D eigenvalue weighted by Crippen LogP contribution is -2.05. The number of rotatable bonds is 5. The van der Waals surface area contributed by atoms with Crippen LogP contribution in [0.25, 0.3) is 11.4 Å². The zero-order valence-electron chi connectivity index (χ0n) is 16.1. The second kappa shape index (κ2) is 7.60. The topological polar surface area (TPSA) is 77.7 Å². The highest BCUT2D eigenvalue weighted by Crippen LogP contribution is 2.22. The monoisotopic (exact) mass is 404 g/mol. The molecule has 0 N–H and O–H groups in total. The van der Waals surface area contributed by atoms with Gasteiger partial charge in [0.2, 0.25) is 15.7 Å². The molecule has 29 heavy (non-hydrogen) atoms. The highest BCUT2D eigenvalue weighted by Gasteiger charge is 2.17. The van der Waals surface area contributed by atoms with Gasteiger partial charge in [-0.05, 0) is 48.9 Å². The summed E-state index contributed by atoms with van der Waals surface area (Å²) in [7, 11) is -3.53. The maximum absolute atomic E-state index is 12.8. The van der Waals surface area contributed by atoms with Crippen molar-refractivity contribution < 1.29 is 8.42 Å². The van der Waals surface area contributed by atoms with E-state index in [1.165, 1.54) is 10.4 Å². The number of hydrogen-bond donors (Lipinski definition) is 0. The Morgan fingerprint density at radius 1 is 0.759 bits per heavy atom. The molecule has 146 valence electrons. The van der Waals surface area contributed by atoms with E-state index in [1.807, 2.05) is 38.1 Å². The van der Waals surface area contributed by atoms with Crippen LogP contribution in [0.3, 0.4) is 0 Å². The summed E-state index contributed by atoms with van der Waals surface area (Å²) in [5.74, 6) is 0.559. The van der Waals surface area contributed by atoms with E-state index in [-0.39, 0.29) is 9.79 Å². The minimum Gasteiger partial charge on any atom is -0.219 e. The first-order chi connectivity index (χ1) is 13.9. The lowest BCUT2D eigenvalue weighted by Gasteiger charge is -2.06. The molecular weight excluding hydrogens is 384 g/mol. The molecule has 0 fully saturated rings. The summed E-state index contributed by atoms with van der Waals surface area (Å²) in [5, 5.41) is 12.6. The van der Waals surface area contributed by atoms with Crippen LogP contribution in [0.4, 0.5) is 0 Å². The predicted molar refractivity (Wildman–Crippen MR) is 110 cm³/mol. The third-order valence-electron chi connectivity index (χ3n) is 4.65. The van der Waals surface area contributed by atoms with Crippen molar-refractivity contribution in [1.82, 2.24) is 20.2 Å². The first-order valence-corrected chi connectivity index (χ1v) is 10.7. The predicted octanol–water partition coefficient (Wildman–Crippen LogP) is 3.84. The Labute approximate surface area is 169 Å². The standard InChI is InChI=1S/C22H20N4O2S/c1-16-3-9-19(10-4-16)22-23-25-26(24-22)15-18-7-13-21(14-8-18)29(27,28)20-11-5-17(2)6-12-20/h3-14H,15H2,1-2H3. The number of tetrazole rings is 1. The summed E-state index contributed by atoms with van der Waals surface area (Å²) in [4.78, 5) is 2.05. The van der Waals surface area contributed by atoms with Crippen LogP contribution in [0.2, 0.25) is 0 Å². The van der Waals surface area contributed by atoms with E-state index >= 15 is 0 Å². The molecule has 1 aromatic heterocycles. The Balaban J connectivity index is 1.51. The molecule has 6 nitrogen and oxygen atoms in total. The van der Waals surface area contributed by atoms with Gasteiger partial charge < -0.3 is 0 Å². The van der Waals surface area contributed by atoms with Gasteiger partial charge in [-0.2, -0.15) is 4.80 Å². The lowest BCUT2D eigenvalue weighted by molar-refractivity contribution is 0.572. The highest BCUT2D eigenvalue weighted by molar-refractivity contribution is 7.91. The first kappa shape index (κ1) is 19.0. The fraction of sp³-hybridized carbons (Fsp3) is 0.136. The molecular formula is C22H20N4O2S. The van der Waals surface area contributed by atoms with Crippen molar-refractivity contribution in [3.63, 3.8) is 0 Å². The van der Waals surface area contributed by atoms with Crippen molar-refractivity contribution in [2.75, 3.05) is 0 Å². The van der Waals surface area contributed by atoms with E-state index in [4.69, 9.17) is 0 Å². The Hall–Kier alpha value is -3.32. The molecule has 7 heteroatoms. The van der Waals surface area contributed by atoms with Crippen molar-refractivity contribution in [2.45, 2.75) is 30.2 Å². The summed E-state index contributed by atoms with van der Waals surface area (Å²) in [6.45, 7) is 4.36. The third kappa shape index (κ3) is 4.09. The highest BCUT2D eigenvalue weighted by atomic mass is 32.2. The van der Waals surface area contributed by atoms with Crippen LogP contribution in [0, 0.1) is 13.8 Å². The molecule has 0 atom stereocenters. The van der Waals surface area contributed by atoms with Crippen LogP contribution in [0.15, 0.2) is 82.6 Å². The zero-order chi connectivity index (χ0) is 20.4. The number of aromatic nitrogens is 4. The molecule has 0 radical (unpaired) electrons. The minimum atomic E-state index is -3.53. The van der Waals surface area contributed by atoms with E-state index in [9.17, 15) is 8.42 Å². The molecule has 0 spiro atoms. The molecule has 4 rings (SSSR count). The molecule has 3 aromatic carbocycles. The molecule has 0 saturated carbocycles. The summed E-state index contributed by atoms with van der Waals surface area (Å²) in [5.41, 5.74) is 3.98. The van der Waals surface area contributed by atoms with Crippen molar-refractivity contribution in [3.05, 3.63) is 89.5 Å². The van der Waals surface area contributed by atoms with Crippen molar-refractivity contribution in [1.29, 1.82) is 0 Å². The van der Waals surface area contributed by atoms with E-state index in [0.29, 0.717) is 12.4 Å². The Bertz CT molecular complexity index is 1230. The van der Waals surface area contributed by atoms with Crippen LogP contribution >= 0.6 is 0 Å². The van der Waals surface area contributed by atoms with Crippen LogP contribution in [-0.2, 0) is 16.4 Å². The summed E-state index contributed by atoms with van der Waals surface area (Å²) in [6.07, 6.45) is 0. The van der Waals surface area contributed by atoms with E-state index in [0.717, 1.165) is 16.7 Å². The van der Waals surface area contributed by atoms with Crippen LogP contribution in [-0.4, -0.2) is 28.6 Å². The van der Waals surface area contributed by atoms with Crippen LogP contribution in [0.5, 0.6) is 0 Å². The van der Waals surface area contributed by atoms with E-state index in [2.05, 4.69) is 15.4 Å². The number of benzene rings is 3. The Morgan fingerprint density at radius 3 is 1.86 bits per heavy atom. The maximum atomic E-state index is 12.8. The summed E-state index contributed by atoms with van der Waals surface area (Å²) < 4.78 is 25.5. The molecule has 0 aliphatic heterocycles. The van der Waals surface area contributed by atoms with Gasteiger partial charge in [0.05, 0.1) is 16.3 Å². The fourth-order valence-corrected chi connectivity index (χ4v) is 4.18. The Morgan fingerprint density at radius 2 is 1.28 bits per heavy atom. The summed E-state index contributed by atoms with van der Waals surface area (Å²) in [6, 6.07) is 21.5. The number of aryl methyl sites for hydroxylation is 2. The molecule has 0 unspecified atom stereocenters. The van der Waals surface area contributed by atoms with Gasteiger partial charge in [0.1, 0.15) is 0 Å². The molecule has 0 saturated heterocycles. The van der Waals surface area contributed by atoms with Crippen molar-refractivity contribution in [3.8, 4) is 11.4 Å². The number of sulfone groups is 1. The van der Waals surface area contributed by atoms with Gasteiger partial charge in [-0.1, -0.05) is 59.7 Å². The summed E-state index contributed by atoms with van der Waals surface area (Å²) >= 11 is 0. The second-order valence-electron chi connectivity index (χ2n) is 6.97. The zero-order valence-corrected chi connectivity index (χ0v) is 17.0. The third-order valence-corrected chi connectivity index (χ3v) is 6.44. The van der Waals surface area contributed by atoms with E-state index in [1.54, 1.807) is 48.5 Å². The average Bonchev–Trinajstić information content (AvgIpc) is 3.18. The second-order valence-corrected chi connectivity index (χ2v) is 8.92. The number of hydrogen-bond acceptors (Lipinski definition) is 5. The molecule has 0 aliphatic carbocycles. The Kier molecular flexibility index (Phi) is 4.98. The maximum Gasteiger partial charge on any atom is 0.206 e. The molecule has 0 amide bonds. The van der Waals surface area contributed by atoms with Crippen molar-refractivity contribution >= 4 is 9.84 Å². The smallest absolute Gasteiger partial charge is 0.206 e. The quantitative estimate of drug-likeness (QED) is 0.505. The van der Waals surface area contributed by atoms with Gasteiger partial charge in [-0.3, -0.25) is 0 Å². The number of nitrogens with zero attached hydrogens (tertiary/aromatic N) is 4. The normalized spacial score (nSPS) is 11.5. The van der Waals surface area contributed by atoms with Crippen LogP contribution in [0.1, 0.15) is 16.7 Å². The minimum absolute atomic E-state index is 0.261. The SMILES string of the molecule is Cc1ccc(-c2nnn(Cc3ccc(S(=O)(=O)c4ccc(C)cc4)cc3)n2)cc1.